The van der Waals surface area contributed by atoms with E-state index in [0.717, 1.165) is 16.7 Å². The Balaban J connectivity index is 1.73. The van der Waals surface area contributed by atoms with E-state index in [1.54, 1.807) is 24.3 Å². The van der Waals surface area contributed by atoms with Crippen molar-refractivity contribution in [1.29, 1.82) is 0 Å². The van der Waals surface area contributed by atoms with Gasteiger partial charge in [-0.05, 0) is 35.2 Å². The van der Waals surface area contributed by atoms with E-state index < -0.39 is 12.1 Å². The summed E-state index contributed by atoms with van der Waals surface area (Å²) in [4.78, 5) is 23.7. The number of rotatable bonds is 6. The molecule has 0 radical (unpaired) electrons. The van der Waals surface area contributed by atoms with Crippen molar-refractivity contribution in [3.63, 3.8) is 0 Å². The molecule has 0 bridgehead atoms. The SMILES string of the molecule is C[C@@H](OC(=O)NCc1ccccc1-c1ccccc1C(=O)O)c1ccccc1. The molecule has 3 rings (SSSR count). The van der Waals surface area contributed by atoms with Gasteiger partial charge in [-0.2, -0.15) is 0 Å². The zero-order valence-corrected chi connectivity index (χ0v) is 15.5. The summed E-state index contributed by atoms with van der Waals surface area (Å²) in [6.07, 6.45) is -0.901. The molecule has 0 fully saturated rings. The van der Waals surface area contributed by atoms with Gasteiger partial charge in [-0.15, -0.1) is 0 Å². The Morgan fingerprint density at radius 1 is 0.893 bits per heavy atom. The standard InChI is InChI=1S/C23H21NO4/c1-16(17-9-3-2-4-10-17)28-23(27)24-15-18-11-5-6-12-19(18)20-13-7-8-14-21(20)22(25)26/h2-14,16H,15H2,1H3,(H,24,27)(H,25,26)/t16-/m1/s1. The van der Waals surface area contributed by atoms with Crippen molar-refractivity contribution in [2.45, 2.75) is 19.6 Å². The Morgan fingerprint density at radius 2 is 1.50 bits per heavy atom. The fourth-order valence-corrected chi connectivity index (χ4v) is 3.00. The van der Waals surface area contributed by atoms with Gasteiger partial charge in [0.1, 0.15) is 6.10 Å². The highest BCUT2D eigenvalue weighted by atomic mass is 16.6. The molecule has 0 heterocycles. The lowest BCUT2D eigenvalue weighted by atomic mass is 9.95. The van der Waals surface area contributed by atoms with Crippen molar-refractivity contribution in [2.24, 2.45) is 0 Å². The zero-order valence-electron chi connectivity index (χ0n) is 15.5. The van der Waals surface area contributed by atoms with Crippen LogP contribution in [-0.4, -0.2) is 17.2 Å². The number of hydrogen-bond donors (Lipinski definition) is 2. The third-order valence-corrected chi connectivity index (χ3v) is 4.44. The number of carboxylic acids is 1. The normalized spacial score (nSPS) is 11.5. The Kier molecular flexibility index (Phi) is 6.07. The second-order valence-corrected chi connectivity index (χ2v) is 6.32. The fraction of sp³-hybridized carbons (Fsp3) is 0.130. The van der Waals surface area contributed by atoms with Crippen molar-refractivity contribution in [2.75, 3.05) is 0 Å². The van der Waals surface area contributed by atoms with Gasteiger partial charge < -0.3 is 15.2 Å². The summed E-state index contributed by atoms with van der Waals surface area (Å²) in [6.45, 7) is 2.04. The quantitative estimate of drug-likeness (QED) is 0.633. The number of ether oxygens (including phenoxy) is 1. The minimum absolute atomic E-state index is 0.218. The molecule has 28 heavy (non-hydrogen) atoms. The first-order chi connectivity index (χ1) is 13.6. The molecule has 0 aromatic heterocycles. The maximum Gasteiger partial charge on any atom is 0.408 e. The molecule has 0 aliphatic heterocycles. The highest BCUT2D eigenvalue weighted by Crippen LogP contribution is 2.27. The second-order valence-electron chi connectivity index (χ2n) is 6.32. The molecule has 1 atom stereocenters. The molecule has 0 aliphatic rings. The summed E-state index contributed by atoms with van der Waals surface area (Å²) >= 11 is 0. The van der Waals surface area contributed by atoms with Crippen LogP contribution in [0.15, 0.2) is 78.9 Å². The minimum Gasteiger partial charge on any atom is -0.478 e. The van der Waals surface area contributed by atoms with Crippen LogP contribution >= 0.6 is 0 Å². The smallest absolute Gasteiger partial charge is 0.408 e. The van der Waals surface area contributed by atoms with Gasteiger partial charge in [0.15, 0.2) is 0 Å². The van der Waals surface area contributed by atoms with Crippen LogP contribution in [0.25, 0.3) is 11.1 Å². The summed E-state index contributed by atoms with van der Waals surface area (Å²) in [5.41, 5.74) is 3.31. The lowest BCUT2D eigenvalue weighted by Gasteiger charge is -2.16. The number of carbonyl (C=O) groups excluding carboxylic acids is 1. The molecule has 0 saturated carbocycles. The molecule has 0 unspecified atom stereocenters. The third kappa shape index (κ3) is 4.57. The Bertz CT molecular complexity index is 969. The van der Waals surface area contributed by atoms with E-state index in [1.165, 1.54) is 0 Å². The number of aromatic carboxylic acids is 1. The number of amides is 1. The summed E-state index contributed by atoms with van der Waals surface area (Å²) < 4.78 is 5.42. The van der Waals surface area contributed by atoms with Crippen LogP contribution in [0.2, 0.25) is 0 Å². The molecule has 5 heteroatoms. The summed E-state index contributed by atoms with van der Waals surface area (Å²) in [5.74, 6) is -0.991. The molecular weight excluding hydrogens is 354 g/mol. The van der Waals surface area contributed by atoms with E-state index in [1.807, 2.05) is 61.5 Å². The van der Waals surface area contributed by atoms with Crippen LogP contribution in [0.1, 0.15) is 34.5 Å². The highest BCUT2D eigenvalue weighted by Gasteiger charge is 2.15. The van der Waals surface area contributed by atoms with Crippen molar-refractivity contribution in [3.8, 4) is 11.1 Å². The second kappa shape index (κ2) is 8.86. The van der Waals surface area contributed by atoms with Crippen LogP contribution in [0.5, 0.6) is 0 Å². The van der Waals surface area contributed by atoms with E-state index in [0.29, 0.717) is 5.56 Å². The average molecular weight is 375 g/mol. The molecule has 3 aromatic carbocycles. The van der Waals surface area contributed by atoms with E-state index in [9.17, 15) is 14.7 Å². The van der Waals surface area contributed by atoms with Gasteiger partial charge in [0.05, 0.1) is 5.56 Å². The molecular formula is C23H21NO4. The first kappa shape index (κ1) is 19.2. The number of carbonyl (C=O) groups is 2. The predicted octanol–water partition coefficient (Wildman–Crippen LogP) is 5.04. The fourth-order valence-electron chi connectivity index (χ4n) is 3.00. The number of benzene rings is 3. The summed E-state index contributed by atoms with van der Waals surface area (Å²) in [5, 5.41) is 12.2. The maximum atomic E-state index is 12.2. The molecule has 0 saturated heterocycles. The molecule has 2 N–H and O–H groups in total. The molecule has 1 amide bonds. The van der Waals surface area contributed by atoms with Gasteiger partial charge in [0.2, 0.25) is 0 Å². The zero-order chi connectivity index (χ0) is 19.9. The number of hydrogen-bond acceptors (Lipinski definition) is 3. The first-order valence-electron chi connectivity index (χ1n) is 8.96. The first-order valence-corrected chi connectivity index (χ1v) is 8.96. The maximum absolute atomic E-state index is 12.2. The highest BCUT2D eigenvalue weighted by molar-refractivity contribution is 5.96. The van der Waals surface area contributed by atoms with Gasteiger partial charge in [-0.1, -0.05) is 72.8 Å². The Morgan fingerprint density at radius 3 is 2.21 bits per heavy atom. The lowest BCUT2D eigenvalue weighted by Crippen LogP contribution is -2.25. The largest absolute Gasteiger partial charge is 0.478 e. The summed E-state index contributed by atoms with van der Waals surface area (Å²) in [7, 11) is 0. The van der Waals surface area contributed by atoms with Crippen molar-refractivity contribution in [1.82, 2.24) is 5.32 Å². The van der Waals surface area contributed by atoms with Crippen LogP contribution < -0.4 is 5.32 Å². The number of alkyl carbamates (subject to hydrolysis) is 1. The summed E-state index contributed by atoms with van der Waals surface area (Å²) in [6, 6.07) is 23.7. The van der Waals surface area contributed by atoms with Crippen LogP contribution in [0.3, 0.4) is 0 Å². The monoisotopic (exact) mass is 375 g/mol. The van der Waals surface area contributed by atoms with E-state index in [-0.39, 0.29) is 18.2 Å². The van der Waals surface area contributed by atoms with Gasteiger partial charge >= 0.3 is 12.1 Å². The van der Waals surface area contributed by atoms with Crippen LogP contribution in [-0.2, 0) is 11.3 Å². The van der Waals surface area contributed by atoms with Crippen LogP contribution in [0.4, 0.5) is 4.79 Å². The van der Waals surface area contributed by atoms with Gasteiger partial charge in [-0.25, -0.2) is 9.59 Å². The van der Waals surface area contributed by atoms with E-state index in [2.05, 4.69) is 5.32 Å². The molecule has 0 spiro atoms. The van der Waals surface area contributed by atoms with Crippen molar-refractivity contribution < 1.29 is 19.4 Å². The van der Waals surface area contributed by atoms with Gasteiger partial charge in [-0.3, -0.25) is 0 Å². The lowest BCUT2D eigenvalue weighted by molar-refractivity contribution is 0.0697. The number of carboxylic acid groups (broad SMARTS) is 1. The molecule has 3 aromatic rings. The van der Waals surface area contributed by atoms with E-state index >= 15 is 0 Å². The predicted molar refractivity (Wildman–Crippen MR) is 107 cm³/mol. The van der Waals surface area contributed by atoms with Crippen molar-refractivity contribution in [3.05, 3.63) is 95.6 Å². The topological polar surface area (TPSA) is 75.6 Å². The average Bonchev–Trinajstić information content (AvgIpc) is 2.73. The molecule has 142 valence electrons. The van der Waals surface area contributed by atoms with Gasteiger partial charge in [0.25, 0.3) is 0 Å². The van der Waals surface area contributed by atoms with Crippen LogP contribution in [0, 0.1) is 0 Å². The minimum atomic E-state index is -0.991. The van der Waals surface area contributed by atoms with Crippen molar-refractivity contribution >= 4 is 12.1 Å². The Labute approximate surface area is 163 Å². The van der Waals surface area contributed by atoms with E-state index in [4.69, 9.17) is 4.74 Å². The Hall–Kier alpha value is -3.60. The number of nitrogens with one attached hydrogen (secondary N) is 1. The molecule has 5 nitrogen and oxygen atoms in total. The third-order valence-electron chi connectivity index (χ3n) is 4.44. The molecule has 0 aliphatic carbocycles. The van der Waals surface area contributed by atoms with Gasteiger partial charge in [0, 0.05) is 6.54 Å².